The molecule has 0 saturated heterocycles. The van der Waals surface area contributed by atoms with Crippen molar-refractivity contribution in [2.75, 3.05) is 23.7 Å². The summed E-state index contributed by atoms with van der Waals surface area (Å²) in [6, 6.07) is 18.2. The summed E-state index contributed by atoms with van der Waals surface area (Å²) in [7, 11) is -2.07. The summed E-state index contributed by atoms with van der Waals surface area (Å²) in [6.07, 6.45) is 0. The van der Waals surface area contributed by atoms with Gasteiger partial charge in [-0.2, -0.15) is 11.8 Å². The summed E-state index contributed by atoms with van der Waals surface area (Å²) < 4.78 is 26.7. The van der Waals surface area contributed by atoms with E-state index >= 15 is 0 Å². The number of carbonyl (C=O) groups excluding carboxylic acids is 1. The van der Waals surface area contributed by atoms with Gasteiger partial charge in [-0.25, -0.2) is 8.42 Å². The van der Waals surface area contributed by atoms with Crippen molar-refractivity contribution in [3.63, 3.8) is 0 Å². The normalized spacial score (nSPS) is 11.3. The Morgan fingerprint density at radius 1 is 1.07 bits per heavy atom. The zero-order valence-corrected chi connectivity index (χ0v) is 19.3. The van der Waals surface area contributed by atoms with Crippen molar-refractivity contribution in [2.24, 2.45) is 0 Å². The third-order valence-corrected chi connectivity index (χ3v) is 8.82. The van der Waals surface area contributed by atoms with Crippen LogP contribution in [0, 0.1) is 6.92 Å². The second kappa shape index (κ2) is 10.1. The van der Waals surface area contributed by atoms with Crippen LogP contribution >= 0.6 is 23.1 Å². The quantitative estimate of drug-likeness (QED) is 0.476. The van der Waals surface area contributed by atoms with Gasteiger partial charge in [-0.15, -0.1) is 11.3 Å². The highest BCUT2D eigenvalue weighted by atomic mass is 32.2. The molecule has 30 heavy (non-hydrogen) atoms. The first-order chi connectivity index (χ1) is 14.4. The van der Waals surface area contributed by atoms with Crippen LogP contribution in [0.4, 0.5) is 5.69 Å². The van der Waals surface area contributed by atoms with Crippen molar-refractivity contribution < 1.29 is 13.2 Å². The van der Waals surface area contributed by atoms with Gasteiger partial charge in [-0.05, 0) is 53.8 Å². The number of benzene rings is 2. The molecule has 1 heterocycles. The number of rotatable bonds is 9. The van der Waals surface area contributed by atoms with E-state index in [2.05, 4.69) is 24.4 Å². The minimum Gasteiger partial charge on any atom is -0.351 e. The van der Waals surface area contributed by atoms with Crippen LogP contribution in [-0.4, -0.2) is 33.7 Å². The van der Waals surface area contributed by atoms with E-state index in [1.807, 2.05) is 12.1 Å². The molecule has 0 unspecified atom stereocenters. The second-order valence-electron chi connectivity index (χ2n) is 6.69. The Labute approximate surface area is 186 Å². The molecule has 2 aromatic carbocycles. The fourth-order valence-corrected chi connectivity index (χ4v) is 6.09. The number of hydrogen-bond acceptors (Lipinski definition) is 5. The molecular formula is C22H24N2O3S3. The van der Waals surface area contributed by atoms with Crippen LogP contribution in [-0.2, 0) is 15.8 Å². The van der Waals surface area contributed by atoms with Crippen LogP contribution in [0.5, 0.6) is 0 Å². The predicted molar refractivity (Wildman–Crippen MR) is 126 cm³/mol. The SMILES string of the molecule is Cc1ccccc1CSCCNC(=O)c1ccc(N(C)S(=O)(=O)c2cccs2)cc1. The Bertz CT molecular complexity index is 1080. The lowest BCUT2D eigenvalue weighted by molar-refractivity contribution is 0.0956. The fraction of sp³-hybridized carbons (Fsp3) is 0.227. The van der Waals surface area contributed by atoms with E-state index in [1.54, 1.807) is 53.5 Å². The van der Waals surface area contributed by atoms with Crippen molar-refractivity contribution >= 4 is 44.7 Å². The number of sulfonamides is 1. The summed E-state index contributed by atoms with van der Waals surface area (Å²) >= 11 is 2.96. The number of aryl methyl sites for hydroxylation is 1. The van der Waals surface area contributed by atoms with Crippen molar-refractivity contribution in [3.05, 3.63) is 82.7 Å². The monoisotopic (exact) mass is 460 g/mol. The molecule has 0 aliphatic carbocycles. The standard InChI is InChI=1S/C22H24N2O3S3/c1-17-6-3-4-7-19(17)16-28-15-13-23-22(25)18-9-11-20(12-10-18)24(2)30(26,27)21-8-5-14-29-21/h3-12,14H,13,15-16H2,1-2H3,(H,23,25). The van der Waals surface area contributed by atoms with E-state index in [-0.39, 0.29) is 10.1 Å². The number of nitrogens with one attached hydrogen (secondary N) is 1. The molecule has 0 spiro atoms. The Hall–Kier alpha value is -2.29. The molecule has 8 heteroatoms. The number of thioether (sulfide) groups is 1. The van der Waals surface area contributed by atoms with Crippen LogP contribution in [0.1, 0.15) is 21.5 Å². The smallest absolute Gasteiger partial charge is 0.273 e. The molecule has 158 valence electrons. The molecular weight excluding hydrogens is 436 g/mol. The van der Waals surface area contributed by atoms with Crippen molar-refractivity contribution in [2.45, 2.75) is 16.9 Å². The first-order valence-electron chi connectivity index (χ1n) is 9.42. The first-order valence-corrected chi connectivity index (χ1v) is 12.9. The number of anilines is 1. The highest BCUT2D eigenvalue weighted by Gasteiger charge is 2.22. The maximum atomic E-state index is 12.6. The molecule has 0 saturated carbocycles. The zero-order valence-electron chi connectivity index (χ0n) is 16.9. The Kier molecular flexibility index (Phi) is 7.58. The lowest BCUT2D eigenvalue weighted by Crippen LogP contribution is -2.27. The predicted octanol–water partition coefficient (Wildman–Crippen LogP) is 4.54. The highest BCUT2D eigenvalue weighted by Crippen LogP contribution is 2.25. The van der Waals surface area contributed by atoms with E-state index in [0.29, 0.717) is 17.8 Å². The number of amides is 1. The summed E-state index contributed by atoms with van der Waals surface area (Å²) in [6.45, 7) is 2.67. The van der Waals surface area contributed by atoms with Crippen LogP contribution in [0.2, 0.25) is 0 Å². The van der Waals surface area contributed by atoms with E-state index in [1.165, 1.54) is 33.8 Å². The van der Waals surface area contributed by atoms with Gasteiger partial charge >= 0.3 is 0 Å². The van der Waals surface area contributed by atoms with Crippen LogP contribution < -0.4 is 9.62 Å². The van der Waals surface area contributed by atoms with E-state index in [9.17, 15) is 13.2 Å². The molecule has 1 aromatic heterocycles. The number of hydrogen-bond donors (Lipinski definition) is 1. The molecule has 1 amide bonds. The van der Waals surface area contributed by atoms with Crippen LogP contribution in [0.25, 0.3) is 0 Å². The van der Waals surface area contributed by atoms with Gasteiger partial charge in [0.05, 0.1) is 5.69 Å². The molecule has 0 atom stereocenters. The first kappa shape index (κ1) is 22.4. The van der Waals surface area contributed by atoms with E-state index < -0.39 is 10.0 Å². The van der Waals surface area contributed by atoms with Gasteiger partial charge in [-0.3, -0.25) is 9.10 Å². The molecule has 0 radical (unpaired) electrons. The van der Waals surface area contributed by atoms with E-state index in [4.69, 9.17) is 0 Å². The second-order valence-corrected chi connectivity index (χ2v) is 10.9. The topological polar surface area (TPSA) is 66.5 Å². The maximum absolute atomic E-state index is 12.6. The van der Waals surface area contributed by atoms with Gasteiger partial charge in [0.1, 0.15) is 4.21 Å². The highest BCUT2D eigenvalue weighted by molar-refractivity contribution is 7.98. The Balaban J connectivity index is 1.49. The molecule has 1 N–H and O–H groups in total. The summed E-state index contributed by atoms with van der Waals surface area (Å²) in [5.74, 6) is 1.57. The molecule has 0 aliphatic rings. The molecule has 0 bridgehead atoms. The number of carbonyl (C=O) groups is 1. The summed E-state index contributed by atoms with van der Waals surface area (Å²) in [4.78, 5) is 12.3. The summed E-state index contributed by atoms with van der Waals surface area (Å²) in [5.41, 5.74) is 3.60. The van der Waals surface area contributed by atoms with Gasteiger partial charge in [-0.1, -0.05) is 30.3 Å². The van der Waals surface area contributed by atoms with Crippen molar-refractivity contribution in [1.82, 2.24) is 5.32 Å². The molecule has 5 nitrogen and oxygen atoms in total. The van der Waals surface area contributed by atoms with Crippen molar-refractivity contribution in [1.29, 1.82) is 0 Å². The fourth-order valence-electron chi connectivity index (χ4n) is 2.80. The lowest BCUT2D eigenvalue weighted by Gasteiger charge is -2.18. The minimum atomic E-state index is -3.58. The average Bonchev–Trinajstić information content (AvgIpc) is 3.30. The van der Waals surface area contributed by atoms with E-state index in [0.717, 1.165) is 11.5 Å². The Morgan fingerprint density at radius 2 is 1.80 bits per heavy atom. The lowest BCUT2D eigenvalue weighted by atomic mass is 10.1. The van der Waals surface area contributed by atoms with Crippen LogP contribution in [0.3, 0.4) is 0 Å². The van der Waals surface area contributed by atoms with Gasteiger partial charge in [0, 0.05) is 30.7 Å². The Morgan fingerprint density at radius 3 is 2.47 bits per heavy atom. The third kappa shape index (κ3) is 5.44. The minimum absolute atomic E-state index is 0.165. The third-order valence-electron chi connectivity index (χ3n) is 4.65. The number of nitrogens with zero attached hydrogens (tertiary/aromatic N) is 1. The molecule has 0 fully saturated rings. The van der Waals surface area contributed by atoms with Gasteiger partial charge in [0.2, 0.25) is 0 Å². The molecule has 3 rings (SSSR count). The molecule has 3 aromatic rings. The van der Waals surface area contributed by atoms with Crippen LogP contribution in [0.15, 0.2) is 70.3 Å². The van der Waals surface area contributed by atoms with Gasteiger partial charge < -0.3 is 5.32 Å². The average molecular weight is 461 g/mol. The molecule has 0 aliphatic heterocycles. The van der Waals surface area contributed by atoms with Gasteiger partial charge in [0.25, 0.3) is 15.9 Å². The van der Waals surface area contributed by atoms with Gasteiger partial charge in [0.15, 0.2) is 0 Å². The van der Waals surface area contributed by atoms with Crippen molar-refractivity contribution in [3.8, 4) is 0 Å². The number of thiophene rings is 1. The zero-order chi connectivity index (χ0) is 21.6. The largest absolute Gasteiger partial charge is 0.351 e. The maximum Gasteiger partial charge on any atom is 0.273 e. The summed E-state index contributed by atoms with van der Waals surface area (Å²) in [5, 5.41) is 4.64.